The number of hydrogen-bond acceptors (Lipinski definition) is 5. The average molecular weight is 350 g/mol. The molecule has 0 unspecified atom stereocenters. The van der Waals surface area contributed by atoms with E-state index in [1.54, 1.807) is 34.0 Å². The summed E-state index contributed by atoms with van der Waals surface area (Å²) in [5.74, 6) is 0. The van der Waals surface area contributed by atoms with Gasteiger partial charge in [-0.25, -0.2) is 8.42 Å². The van der Waals surface area contributed by atoms with E-state index in [2.05, 4.69) is 16.4 Å². The van der Waals surface area contributed by atoms with Gasteiger partial charge in [-0.3, -0.25) is 4.98 Å². The molecule has 0 N–H and O–H groups in total. The quantitative estimate of drug-likeness (QED) is 0.834. The lowest BCUT2D eigenvalue weighted by atomic mass is 9.86. The van der Waals surface area contributed by atoms with Gasteiger partial charge in [-0.15, -0.1) is 11.3 Å². The fourth-order valence-electron chi connectivity index (χ4n) is 3.46. The number of thiophene rings is 1. The third-order valence-corrected chi connectivity index (χ3v) is 7.74. The zero-order valence-corrected chi connectivity index (χ0v) is 14.3. The van der Waals surface area contributed by atoms with Crippen LogP contribution in [-0.2, 0) is 26.8 Å². The summed E-state index contributed by atoms with van der Waals surface area (Å²) in [6, 6.07) is 5.42. The summed E-state index contributed by atoms with van der Waals surface area (Å²) in [4.78, 5) is 5.48. The number of piperidine rings is 1. The van der Waals surface area contributed by atoms with Gasteiger partial charge in [0.1, 0.15) is 10.5 Å². The standard InChI is InChI=1S/C16H18N2O3S2/c19-23(20,14-2-1-7-17-12-14)18-8-5-16(6-9-18)15-13(3-10-21-16)4-11-22-15/h1-2,4,7,11-12H,3,5-6,8-10H2. The van der Waals surface area contributed by atoms with Crippen molar-refractivity contribution in [2.75, 3.05) is 19.7 Å². The van der Waals surface area contributed by atoms with E-state index in [9.17, 15) is 8.42 Å². The molecule has 23 heavy (non-hydrogen) atoms. The number of hydrogen-bond donors (Lipinski definition) is 0. The minimum absolute atomic E-state index is 0.261. The molecule has 0 saturated carbocycles. The van der Waals surface area contributed by atoms with E-state index in [0.717, 1.165) is 13.0 Å². The Hall–Kier alpha value is -1.28. The second-order valence-corrected chi connectivity index (χ2v) is 8.81. The molecule has 1 spiro atoms. The molecule has 2 aliphatic rings. The number of fused-ring (bicyclic) bond motifs is 2. The van der Waals surface area contributed by atoms with Crippen molar-refractivity contribution in [2.24, 2.45) is 0 Å². The highest BCUT2D eigenvalue weighted by atomic mass is 32.2. The minimum atomic E-state index is -3.46. The van der Waals surface area contributed by atoms with Gasteiger partial charge < -0.3 is 4.74 Å². The summed E-state index contributed by atoms with van der Waals surface area (Å²) in [6.45, 7) is 1.68. The van der Waals surface area contributed by atoms with Gasteiger partial charge >= 0.3 is 0 Å². The van der Waals surface area contributed by atoms with Crippen LogP contribution in [0.25, 0.3) is 0 Å². The Morgan fingerprint density at radius 2 is 2.09 bits per heavy atom. The summed E-state index contributed by atoms with van der Waals surface area (Å²) in [7, 11) is -3.46. The molecule has 1 saturated heterocycles. The van der Waals surface area contributed by atoms with Crippen LogP contribution in [-0.4, -0.2) is 37.4 Å². The molecule has 0 radical (unpaired) electrons. The first-order valence-corrected chi connectivity index (χ1v) is 10.0. The van der Waals surface area contributed by atoms with Crippen molar-refractivity contribution in [2.45, 2.75) is 29.8 Å². The molecule has 5 nitrogen and oxygen atoms in total. The van der Waals surface area contributed by atoms with Crippen LogP contribution in [0.4, 0.5) is 0 Å². The van der Waals surface area contributed by atoms with Crippen molar-refractivity contribution in [3.63, 3.8) is 0 Å². The number of aromatic nitrogens is 1. The highest BCUT2D eigenvalue weighted by molar-refractivity contribution is 7.89. The maximum atomic E-state index is 12.7. The summed E-state index contributed by atoms with van der Waals surface area (Å²) in [5, 5.41) is 2.11. The average Bonchev–Trinajstić information content (AvgIpc) is 3.07. The molecule has 2 aliphatic heterocycles. The van der Waals surface area contributed by atoms with E-state index < -0.39 is 10.0 Å². The topological polar surface area (TPSA) is 59.5 Å². The van der Waals surface area contributed by atoms with Crippen LogP contribution in [0.1, 0.15) is 23.3 Å². The maximum Gasteiger partial charge on any atom is 0.244 e. The first-order chi connectivity index (χ1) is 11.1. The Bertz CT molecular complexity index is 794. The number of ether oxygens (including phenoxy) is 1. The van der Waals surface area contributed by atoms with Crippen LogP contribution in [0.5, 0.6) is 0 Å². The van der Waals surface area contributed by atoms with Crippen molar-refractivity contribution in [1.82, 2.24) is 9.29 Å². The Labute approximate surface area is 140 Å². The van der Waals surface area contributed by atoms with Gasteiger partial charge in [0, 0.05) is 30.4 Å². The molecule has 4 heterocycles. The maximum absolute atomic E-state index is 12.7. The summed E-state index contributed by atoms with van der Waals surface area (Å²) < 4.78 is 33.1. The Morgan fingerprint density at radius 1 is 1.26 bits per heavy atom. The third-order valence-electron chi connectivity index (χ3n) is 4.71. The van der Waals surface area contributed by atoms with Crippen LogP contribution in [0, 0.1) is 0 Å². The van der Waals surface area contributed by atoms with Crippen molar-refractivity contribution in [3.05, 3.63) is 46.4 Å². The molecular weight excluding hydrogens is 332 g/mol. The zero-order valence-electron chi connectivity index (χ0n) is 12.6. The second kappa shape index (κ2) is 5.66. The SMILES string of the molecule is O=S(=O)(c1cccnc1)N1CCC2(CC1)OCCc1ccsc12. The van der Waals surface area contributed by atoms with Gasteiger partial charge in [-0.1, -0.05) is 0 Å². The Balaban J connectivity index is 1.57. The van der Waals surface area contributed by atoms with Crippen LogP contribution >= 0.6 is 11.3 Å². The highest BCUT2D eigenvalue weighted by Crippen LogP contribution is 2.44. The lowest BCUT2D eigenvalue weighted by molar-refractivity contribution is -0.0861. The first-order valence-electron chi connectivity index (χ1n) is 7.73. The van der Waals surface area contributed by atoms with Gasteiger partial charge in [-0.05, 0) is 48.4 Å². The van der Waals surface area contributed by atoms with E-state index in [1.165, 1.54) is 16.6 Å². The van der Waals surface area contributed by atoms with E-state index in [1.807, 2.05) is 0 Å². The van der Waals surface area contributed by atoms with E-state index in [-0.39, 0.29) is 10.5 Å². The summed E-state index contributed by atoms with van der Waals surface area (Å²) >= 11 is 1.73. The second-order valence-electron chi connectivity index (χ2n) is 5.96. The number of rotatable bonds is 2. The van der Waals surface area contributed by atoms with E-state index in [0.29, 0.717) is 25.9 Å². The molecular formula is C16H18N2O3S2. The Morgan fingerprint density at radius 3 is 2.83 bits per heavy atom. The molecule has 1 fully saturated rings. The summed E-state index contributed by atoms with van der Waals surface area (Å²) in [5.41, 5.74) is 1.08. The fraction of sp³-hybridized carbons (Fsp3) is 0.438. The molecule has 122 valence electrons. The van der Waals surface area contributed by atoms with Gasteiger partial charge in [0.25, 0.3) is 0 Å². The zero-order chi connectivity index (χ0) is 15.9. The number of pyridine rings is 1. The molecule has 7 heteroatoms. The lowest BCUT2D eigenvalue weighted by Crippen LogP contribution is -2.47. The fourth-order valence-corrected chi connectivity index (χ4v) is 6.04. The highest BCUT2D eigenvalue weighted by Gasteiger charge is 2.44. The largest absolute Gasteiger partial charge is 0.369 e. The molecule has 0 atom stereocenters. The monoisotopic (exact) mass is 350 g/mol. The summed E-state index contributed by atoms with van der Waals surface area (Å²) in [6.07, 6.45) is 5.37. The predicted octanol–water partition coefficient (Wildman–Crippen LogP) is 2.40. The molecule has 2 aromatic heterocycles. The minimum Gasteiger partial charge on any atom is -0.369 e. The van der Waals surface area contributed by atoms with Crippen molar-refractivity contribution >= 4 is 21.4 Å². The third kappa shape index (κ3) is 2.52. The molecule has 0 aromatic carbocycles. The number of sulfonamides is 1. The van der Waals surface area contributed by atoms with Crippen molar-refractivity contribution in [3.8, 4) is 0 Å². The Kier molecular flexibility index (Phi) is 3.76. The molecule has 4 rings (SSSR count). The van der Waals surface area contributed by atoms with Crippen LogP contribution in [0.3, 0.4) is 0 Å². The van der Waals surface area contributed by atoms with Gasteiger partial charge in [0.15, 0.2) is 0 Å². The molecule has 0 aliphatic carbocycles. The van der Waals surface area contributed by atoms with Crippen molar-refractivity contribution in [1.29, 1.82) is 0 Å². The van der Waals surface area contributed by atoms with Gasteiger partial charge in [-0.2, -0.15) is 4.31 Å². The first kappa shape index (κ1) is 15.3. The number of nitrogens with zero attached hydrogens (tertiary/aromatic N) is 2. The van der Waals surface area contributed by atoms with Gasteiger partial charge in [0.2, 0.25) is 10.0 Å². The lowest BCUT2D eigenvalue weighted by Gasteiger charge is -2.43. The molecule has 0 bridgehead atoms. The smallest absolute Gasteiger partial charge is 0.244 e. The normalized spacial score (nSPS) is 21.2. The van der Waals surface area contributed by atoms with Gasteiger partial charge in [0.05, 0.1) is 6.61 Å². The van der Waals surface area contributed by atoms with E-state index >= 15 is 0 Å². The van der Waals surface area contributed by atoms with Crippen LogP contribution < -0.4 is 0 Å². The molecule has 0 amide bonds. The van der Waals surface area contributed by atoms with Crippen LogP contribution in [0.15, 0.2) is 40.9 Å². The van der Waals surface area contributed by atoms with E-state index in [4.69, 9.17) is 4.74 Å². The van der Waals surface area contributed by atoms with Crippen LogP contribution in [0.2, 0.25) is 0 Å². The van der Waals surface area contributed by atoms with Crippen molar-refractivity contribution < 1.29 is 13.2 Å². The molecule has 2 aromatic rings. The predicted molar refractivity (Wildman–Crippen MR) is 87.9 cm³/mol.